The minimum absolute atomic E-state index is 0.0651. The first-order valence-corrected chi connectivity index (χ1v) is 8.08. The highest BCUT2D eigenvalue weighted by Gasteiger charge is 2.26. The molecule has 7 nitrogen and oxygen atoms in total. The van der Waals surface area contributed by atoms with Gasteiger partial charge < -0.3 is 4.74 Å². The SMILES string of the molecule is CSC(=O)Cc1ccc([N+](=O)[O-])c(N(C)C(=O)OC(C)(C)C)c1. The second-order valence-electron chi connectivity index (χ2n) is 5.87. The van der Waals surface area contributed by atoms with Crippen molar-refractivity contribution in [3.05, 3.63) is 33.9 Å². The van der Waals surface area contributed by atoms with Crippen LogP contribution in [0.5, 0.6) is 0 Å². The Bertz CT molecular complexity index is 625. The second-order valence-corrected chi connectivity index (χ2v) is 6.74. The number of nitro groups is 1. The van der Waals surface area contributed by atoms with E-state index in [1.54, 1.807) is 27.0 Å². The van der Waals surface area contributed by atoms with E-state index >= 15 is 0 Å². The zero-order valence-electron chi connectivity index (χ0n) is 13.8. The molecule has 0 bridgehead atoms. The number of hydrogen-bond acceptors (Lipinski definition) is 6. The maximum Gasteiger partial charge on any atom is 0.414 e. The Balaban J connectivity index is 3.19. The molecular weight excluding hydrogens is 320 g/mol. The van der Waals surface area contributed by atoms with Crippen molar-refractivity contribution in [3.63, 3.8) is 0 Å². The van der Waals surface area contributed by atoms with Crippen LogP contribution in [0.15, 0.2) is 18.2 Å². The summed E-state index contributed by atoms with van der Waals surface area (Å²) in [5.74, 6) is 0. The highest BCUT2D eigenvalue weighted by molar-refractivity contribution is 8.13. The molecule has 1 aromatic carbocycles. The standard InChI is InChI=1S/C15H20N2O5S/c1-15(2,3)22-14(19)16(4)12-8-10(9-13(18)23-5)6-7-11(12)17(20)21/h6-8H,9H2,1-5H3. The summed E-state index contributed by atoms with van der Waals surface area (Å²) in [5.41, 5.74) is -0.248. The van der Waals surface area contributed by atoms with E-state index in [4.69, 9.17) is 4.74 Å². The summed E-state index contributed by atoms with van der Waals surface area (Å²) in [5, 5.41) is 11.1. The van der Waals surface area contributed by atoms with Crippen LogP contribution in [-0.2, 0) is 16.0 Å². The fourth-order valence-corrected chi connectivity index (χ4v) is 2.08. The Morgan fingerprint density at radius 2 is 1.96 bits per heavy atom. The van der Waals surface area contributed by atoms with Crippen LogP contribution < -0.4 is 4.90 Å². The van der Waals surface area contributed by atoms with Crippen LogP contribution in [0.25, 0.3) is 0 Å². The molecular formula is C15H20N2O5S. The molecule has 0 radical (unpaired) electrons. The van der Waals surface area contributed by atoms with Gasteiger partial charge in [0.1, 0.15) is 11.3 Å². The van der Waals surface area contributed by atoms with Crippen LogP contribution in [-0.4, -0.2) is 35.0 Å². The van der Waals surface area contributed by atoms with E-state index in [9.17, 15) is 19.7 Å². The van der Waals surface area contributed by atoms with Gasteiger partial charge in [0.15, 0.2) is 5.12 Å². The third-order valence-corrected chi connectivity index (χ3v) is 3.44. The third-order valence-electron chi connectivity index (χ3n) is 2.84. The van der Waals surface area contributed by atoms with Crippen molar-refractivity contribution in [1.82, 2.24) is 0 Å². The normalized spacial score (nSPS) is 11.0. The summed E-state index contributed by atoms with van der Waals surface area (Å²) in [4.78, 5) is 35.3. The first-order valence-electron chi connectivity index (χ1n) is 6.86. The maximum atomic E-state index is 12.1. The maximum absolute atomic E-state index is 12.1. The molecule has 0 fully saturated rings. The van der Waals surface area contributed by atoms with Gasteiger partial charge in [-0.05, 0) is 38.7 Å². The number of nitro benzene ring substituents is 1. The summed E-state index contributed by atoms with van der Waals surface area (Å²) in [6.07, 6.45) is 1.10. The van der Waals surface area contributed by atoms with Crippen molar-refractivity contribution >= 4 is 34.3 Å². The smallest absolute Gasteiger partial charge is 0.414 e. The van der Waals surface area contributed by atoms with Crippen molar-refractivity contribution in [1.29, 1.82) is 0 Å². The van der Waals surface area contributed by atoms with Crippen LogP contribution in [0.2, 0.25) is 0 Å². The molecule has 0 N–H and O–H groups in total. The number of thioether (sulfide) groups is 1. The molecule has 1 amide bonds. The number of hydrogen-bond donors (Lipinski definition) is 0. The Kier molecular flexibility index (Phi) is 6.14. The summed E-state index contributed by atoms with van der Waals surface area (Å²) in [7, 11) is 1.40. The van der Waals surface area contributed by atoms with Gasteiger partial charge in [-0.2, -0.15) is 0 Å². The van der Waals surface area contributed by atoms with Gasteiger partial charge in [0.05, 0.1) is 4.92 Å². The van der Waals surface area contributed by atoms with Crippen molar-refractivity contribution in [2.24, 2.45) is 0 Å². The van der Waals surface area contributed by atoms with Gasteiger partial charge in [0.2, 0.25) is 0 Å². The molecule has 0 saturated carbocycles. The molecule has 1 aromatic rings. The lowest BCUT2D eigenvalue weighted by atomic mass is 10.1. The summed E-state index contributed by atoms with van der Waals surface area (Å²) < 4.78 is 5.22. The first-order chi connectivity index (χ1) is 10.5. The number of anilines is 1. The zero-order valence-corrected chi connectivity index (χ0v) is 14.6. The van der Waals surface area contributed by atoms with E-state index in [1.165, 1.54) is 25.2 Å². The Hall–Kier alpha value is -2.09. The monoisotopic (exact) mass is 340 g/mol. The molecule has 0 heterocycles. The Labute approximate surface area is 139 Å². The molecule has 0 saturated heterocycles. The fraction of sp³-hybridized carbons (Fsp3) is 0.467. The molecule has 8 heteroatoms. The zero-order chi connectivity index (χ0) is 17.8. The lowest BCUT2D eigenvalue weighted by Gasteiger charge is -2.24. The van der Waals surface area contributed by atoms with Crippen molar-refractivity contribution in [3.8, 4) is 0 Å². The third kappa shape index (κ3) is 5.55. The Morgan fingerprint density at radius 3 is 2.43 bits per heavy atom. The molecule has 0 aliphatic heterocycles. The fourth-order valence-electron chi connectivity index (χ4n) is 1.77. The first kappa shape index (κ1) is 19.0. The van der Waals surface area contributed by atoms with Crippen molar-refractivity contribution in [2.45, 2.75) is 32.8 Å². The highest BCUT2D eigenvalue weighted by atomic mass is 32.2. The lowest BCUT2D eigenvalue weighted by Crippen LogP contribution is -2.34. The van der Waals surface area contributed by atoms with Crippen LogP contribution >= 0.6 is 11.8 Å². The van der Waals surface area contributed by atoms with Crippen LogP contribution in [0.4, 0.5) is 16.2 Å². The largest absolute Gasteiger partial charge is 0.443 e. The predicted molar refractivity (Wildman–Crippen MR) is 90.0 cm³/mol. The molecule has 0 aliphatic rings. The average molecular weight is 340 g/mol. The van der Waals surface area contributed by atoms with E-state index < -0.39 is 16.6 Å². The summed E-state index contributed by atoms with van der Waals surface area (Å²) in [6, 6.07) is 4.27. The topological polar surface area (TPSA) is 89.8 Å². The minimum atomic E-state index is -0.716. The number of rotatable bonds is 4. The number of amides is 1. The number of carbonyl (C=O) groups excluding carboxylic acids is 2. The van der Waals surface area contributed by atoms with Crippen LogP contribution in [0.1, 0.15) is 26.3 Å². The van der Waals surface area contributed by atoms with Gasteiger partial charge in [-0.15, -0.1) is 0 Å². The number of benzene rings is 1. The number of carbonyl (C=O) groups is 2. The molecule has 0 aliphatic carbocycles. The predicted octanol–water partition coefficient (Wildman–Crippen LogP) is 3.40. The number of ether oxygens (including phenoxy) is 1. The molecule has 0 atom stereocenters. The quantitative estimate of drug-likeness (QED) is 0.616. The molecule has 23 heavy (non-hydrogen) atoms. The van der Waals surface area contributed by atoms with E-state index in [0.29, 0.717) is 5.56 Å². The minimum Gasteiger partial charge on any atom is -0.443 e. The van der Waals surface area contributed by atoms with Crippen LogP contribution in [0.3, 0.4) is 0 Å². The van der Waals surface area contributed by atoms with Crippen molar-refractivity contribution in [2.75, 3.05) is 18.2 Å². The highest BCUT2D eigenvalue weighted by Crippen LogP contribution is 2.30. The lowest BCUT2D eigenvalue weighted by molar-refractivity contribution is -0.384. The van der Waals surface area contributed by atoms with E-state index in [1.807, 2.05) is 0 Å². The van der Waals surface area contributed by atoms with Gasteiger partial charge in [-0.1, -0.05) is 17.8 Å². The second kappa shape index (κ2) is 7.45. The van der Waals surface area contributed by atoms with E-state index in [-0.39, 0.29) is 22.9 Å². The summed E-state index contributed by atoms with van der Waals surface area (Å²) in [6.45, 7) is 5.13. The van der Waals surface area contributed by atoms with Crippen LogP contribution in [0, 0.1) is 10.1 Å². The van der Waals surface area contributed by atoms with Gasteiger partial charge in [-0.3, -0.25) is 19.8 Å². The molecule has 0 unspecified atom stereocenters. The van der Waals surface area contributed by atoms with Gasteiger partial charge in [0, 0.05) is 19.5 Å². The summed E-state index contributed by atoms with van der Waals surface area (Å²) >= 11 is 1.08. The average Bonchev–Trinajstić information content (AvgIpc) is 2.44. The van der Waals surface area contributed by atoms with E-state index in [2.05, 4.69) is 0 Å². The van der Waals surface area contributed by atoms with Gasteiger partial charge in [0.25, 0.3) is 5.69 Å². The van der Waals surface area contributed by atoms with Gasteiger partial charge in [-0.25, -0.2) is 4.79 Å². The Morgan fingerprint density at radius 1 is 1.35 bits per heavy atom. The molecule has 0 aromatic heterocycles. The number of nitrogens with zero attached hydrogens (tertiary/aromatic N) is 2. The molecule has 126 valence electrons. The van der Waals surface area contributed by atoms with Gasteiger partial charge >= 0.3 is 6.09 Å². The molecule has 1 rings (SSSR count). The molecule has 0 spiro atoms. The van der Waals surface area contributed by atoms with E-state index in [0.717, 1.165) is 16.7 Å². The van der Waals surface area contributed by atoms with Crippen molar-refractivity contribution < 1.29 is 19.2 Å².